The topological polar surface area (TPSA) is 102 Å². The predicted molar refractivity (Wildman–Crippen MR) is 153 cm³/mol. The third-order valence-electron chi connectivity index (χ3n) is 7.51. The zero-order chi connectivity index (χ0) is 28.3. The summed E-state index contributed by atoms with van der Waals surface area (Å²) in [6.45, 7) is 2.28. The Morgan fingerprint density at radius 1 is 0.805 bits per heavy atom. The lowest BCUT2D eigenvalue weighted by atomic mass is 9.91. The third-order valence-corrected chi connectivity index (χ3v) is 8.48. The molecule has 4 atom stereocenters. The van der Waals surface area contributed by atoms with E-state index in [0.29, 0.717) is 22.0 Å². The molecule has 2 aliphatic rings. The first kappa shape index (κ1) is 27.3. The van der Waals surface area contributed by atoms with Crippen molar-refractivity contribution in [2.45, 2.75) is 43.7 Å². The summed E-state index contributed by atoms with van der Waals surface area (Å²) >= 11 is 1.54. The summed E-state index contributed by atoms with van der Waals surface area (Å²) in [5, 5.41) is 10.2. The summed E-state index contributed by atoms with van der Waals surface area (Å²) in [5.74, 6) is 0.130. The molecule has 4 aromatic rings. The normalized spacial score (nSPS) is 22.1. The van der Waals surface area contributed by atoms with Crippen molar-refractivity contribution in [1.82, 2.24) is 14.9 Å². The summed E-state index contributed by atoms with van der Waals surface area (Å²) in [7, 11) is 0. The first-order valence-electron chi connectivity index (χ1n) is 13.5. The number of nitrogens with zero attached hydrogens (tertiary/aromatic N) is 3. The van der Waals surface area contributed by atoms with E-state index in [0.717, 1.165) is 22.3 Å². The number of carbonyl (C=O) groups is 2. The number of aliphatic hydroxyl groups is 1. The Morgan fingerprint density at radius 2 is 1.41 bits per heavy atom. The number of benzene rings is 3. The monoisotopic (exact) mass is 567 g/mol. The highest BCUT2D eigenvalue weighted by atomic mass is 32.2. The molecule has 208 valence electrons. The molecule has 1 saturated heterocycles. The quantitative estimate of drug-likeness (QED) is 0.173. The van der Waals surface area contributed by atoms with Crippen LogP contribution in [0.4, 0.5) is 0 Å². The molecule has 2 amide bonds. The number of rotatable bonds is 8. The van der Waals surface area contributed by atoms with Gasteiger partial charge in [-0.05, 0) is 34.9 Å². The Morgan fingerprint density at radius 3 is 2.05 bits per heavy atom. The molecule has 41 heavy (non-hydrogen) atoms. The predicted octanol–water partition coefficient (Wildman–Crippen LogP) is 5.35. The van der Waals surface area contributed by atoms with Gasteiger partial charge in [-0.2, -0.15) is 0 Å². The fraction of sp³-hybridized carbons (Fsp3) is 0.250. The van der Waals surface area contributed by atoms with Crippen molar-refractivity contribution in [2.75, 3.05) is 5.75 Å². The molecular weight excluding hydrogens is 538 g/mol. The van der Waals surface area contributed by atoms with Gasteiger partial charge < -0.3 is 14.6 Å². The highest BCUT2D eigenvalue weighted by molar-refractivity contribution is 7.99. The zero-order valence-corrected chi connectivity index (χ0v) is 23.2. The van der Waals surface area contributed by atoms with Crippen LogP contribution in [0.3, 0.4) is 0 Å². The van der Waals surface area contributed by atoms with Gasteiger partial charge in [-0.3, -0.25) is 14.5 Å². The van der Waals surface area contributed by atoms with Crippen molar-refractivity contribution >= 4 is 23.6 Å². The fourth-order valence-corrected chi connectivity index (χ4v) is 6.14. The molecule has 8 nitrogen and oxygen atoms in total. The number of amides is 2. The molecule has 1 N–H and O–H groups in total. The van der Waals surface area contributed by atoms with E-state index in [-0.39, 0.29) is 43.1 Å². The summed E-state index contributed by atoms with van der Waals surface area (Å²) < 4.78 is 13.0. The van der Waals surface area contributed by atoms with E-state index in [9.17, 15) is 14.7 Å². The Balaban J connectivity index is 1.21. The van der Waals surface area contributed by atoms with Crippen molar-refractivity contribution in [3.63, 3.8) is 0 Å². The molecule has 1 aromatic heterocycles. The molecule has 6 rings (SSSR count). The number of hydrogen-bond acceptors (Lipinski definition) is 8. The molecule has 0 spiro atoms. The number of aromatic nitrogens is 2. The number of carbonyl (C=O) groups excluding carboxylic acids is 2. The smallest absolute Gasteiger partial charge is 0.261 e. The van der Waals surface area contributed by atoms with Gasteiger partial charge >= 0.3 is 0 Å². The summed E-state index contributed by atoms with van der Waals surface area (Å²) in [6, 6.07) is 24.1. The van der Waals surface area contributed by atoms with Gasteiger partial charge in [0.25, 0.3) is 11.8 Å². The van der Waals surface area contributed by atoms with Crippen LogP contribution in [-0.2, 0) is 22.6 Å². The van der Waals surface area contributed by atoms with E-state index < -0.39 is 6.29 Å². The van der Waals surface area contributed by atoms with Gasteiger partial charge in [-0.15, -0.1) is 0 Å². The zero-order valence-electron chi connectivity index (χ0n) is 22.4. The first-order chi connectivity index (χ1) is 20.0. The molecule has 1 fully saturated rings. The van der Waals surface area contributed by atoms with Gasteiger partial charge in [0, 0.05) is 29.6 Å². The molecule has 0 unspecified atom stereocenters. The first-order valence-corrected chi connectivity index (χ1v) is 14.4. The van der Waals surface area contributed by atoms with E-state index in [1.807, 2.05) is 48.5 Å². The van der Waals surface area contributed by atoms with Crippen LogP contribution in [0.5, 0.6) is 0 Å². The van der Waals surface area contributed by atoms with Crippen LogP contribution in [-0.4, -0.2) is 43.6 Å². The maximum atomic E-state index is 12.8. The number of thioether (sulfide) groups is 1. The van der Waals surface area contributed by atoms with E-state index in [1.165, 1.54) is 4.90 Å². The van der Waals surface area contributed by atoms with Crippen LogP contribution in [0.15, 0.2) is 96.4 Å². The summed E-state index contributed by atoms with van der Waals surface area (Å²) in [5.41, 5.74) is 4.40. The van der Waals surface area contributed by atoms with Crippen molar-refractivity contribution < 1.29 is 24.2 Å². The van der Waals surface area contributed by atoms with E-state index >= 15 is 0 Å². The van der Waals surface area contributed by atoms with Gasteiger partial charge in [0.1, 0.15) is 0 Å². The van der Waals surface area contributed by atoms with Crippen LogP contribution in [0.2, 0.25) is 0 Å². The minimum atomic E-state index is -0.621. The van der Waals surface area contributed by atoms with Crippen LogP contribution in [0.1, 0.15) is 62.3 Å². The van der Waals surface area contributed by atoms with Crippen molar-refractivity contribution in [3.05, 3.63) is 125 Å². The maximum absolute atomic E-state index is 12.8. The second kappa shape index (κ2) is 11.9. The number of aliphatic hydroxyl groups excluding tert-OH is 1. The van der Waals surface area contributed by atoms with E-state index in [2.05, 4.69) is 16.9 Å². The van der Waals surface area contributed by atoms with Crippen molar-refractivity contribution in [1.29, 1.82) is 0 Å². The molecule has 3 aromatic carbocycles. The molecule has 9 heteroatoms. The fourth-order valence-electron chi connectivity index (χ4n) is 5.17. The Kier molecular flexibility index (Phi) is 7.93. The molecule has 0 aliphatic carbocycles. The lowest BCUT2D eigenvalue weighted by molar-refractivity contribution is -0.268. The Labute approximate surface area is 242 Å². The van der Waals surface area contributed by atoms with Crippen LogP contribution < -0.4 is 0 Å². The second-order valence-electron chi connectivity index (χ2n) is 10.1. The highest BCUT2D eigenvalue weighted by Crippen LogP contribution is 2.43. The molecular formula is C32H29N3O5S. The van der Waals surface area contributed by atoms with Gasteiger partial charge in [-0.1, -0.05) is 79.3 Å². The van der Waals surface area contributed by atoms with Gasteiger partial charge in [0.2, 0.25) is 0 Å². The lowest BCUT2D eigenvalue weighted by Crippen LogP contribution is -2.38. The van der Waals surface area contributed by atoms with Crippen LogP contribution >= 0.6 is 11.8 Å². The average Bonchev–Trinajstić information content (AvgIpc) is 3.26. The van der Waals surface area contributed by atoms with Gasteiger partial charge in [0.15, 0.2) is 11.4 Å². The minimum Gasteiger partial charge on any atom is -0.392 e. The second-order valence-corrected chi connectivity index (χ2v) is 11.1. The van der Waals surface area contributed by atoms with E-state index in [4.69, 9.17) is 9.47 Å². The lowest BCUT2D eigenvalue weighted by Gasteiger charge is -2.41. The SMILES string of the molecule is C[C@@H]1[C@H](CSc2ncccn2)O[C@H](c2ccc(CN3C(=O)c4ccccc4C3=O)cc2)O[C@@H]1c1ccc(CO)cc1. The standard InChI is InChI=1S/C32H29N3O5S/c1-20-27(19-41-32-33-15-4-16-34-32)39-31(40-28(20)23-11-9-22(18-36)10-12-23)24-13-7-21(8-14-24)17-35-29(37)25-5-2-3-6-26(25)30(35)38/h2-16,20,27-28,31,36H,17-19H2,1H3/t20-,27+,28+,31+/m1/s1. The van der Waals surface area contributed by atoms with E-state index in [1.54, 1.807) is 54.5 Å². The maximum Gasteiger partial charge on any atom is 0.261 e. The molecule has 0 radical (unpaired) electrons. The van der Waals surface area contributed by atoms with Crippen molar-refractivity contribution in [3.8, 4) is 0 Å². The molecule has 0 bridgehead atoms. The van der Waals surface area contributed by atoms with Crippen LogP contribution in [0.25, 0.3) is 0 Å². The minimum absolute atomic E-state index is 0.0174. The Hall–Kier alpha value is -3.89. The summed E-state index contributed by atoms with van der Waals surface area (Å²) in [6.07, 6.45) is 2.44. The largest absolute Gasteiger partial charge is 0.392 e. The van der Waals surface area contributed by atoms with Crippen molar-refractivity contribution in [2.24, 2.45) is 5.92 Å². The molecule has 2 aliphatic heterocycles. The average molecular weight is 568 g/mol. The van der Waals surface area contributed by atoms with Gasteiger partial charge in [0.05, 0.1) is 36.5 Å². The number of hydrogen-bond donors (Lipinski definition) is 1. The Bertz CT molecular complexity index is 1500. The highest BCUT2D eigenvalue weighted by Gasteiger charge is 2.39. The number of imide groups is 1. The summed E-state index contributed by atoms with van der Waals surface area (Å²) in [4.78, 5) is 35.5. The number of ether oxygens (including phenoxy) is 2. The number of fused-ring (bicyclic) bond motifs is 1. The van der Waals surface area contributed by atoms with Gasteiger partial charge in [-0.25, -0.2) is 9.97 Å². The molecule has 0 saturated carbocycles. The van der Waals surface area contributed by atoms with Crippen LogP contribution in [0, 0.1) is 5.92 Å². The third kappa shape index (κ3) is 5.67. The molecule has 3 heterocycles.